The molecule has 1 aliphatic rings. The number of anilines is 1. The summed E-state index contributed by atoms with van der Waals surface area (Å²) in [4.78, 5) is 23.3. The first kappa shape index (κ1) is 20.2. The van der Waals surface area contributed by atoms with E-state index in [0.717, 1.165) is 65.7 Å². The van der Waals surface area contributed by atoms with Crippen LogP contribution in [0.3, 0.4) is 0 Å². The van der Waals surface area contributed by atoms with E-state index < -0.39 is 0 Å². The molecular formula is C23H25ClN6O. The van der Waals surface area contributed by atoms with Crippen LogP contribution in [-0.2, 0) is 6.42 Å². The molecule has 0 radical (unpaired) electrons. The van der Waals surface area contributed by atoms with Crippen LogP contribution < -0.4 is 4.90 Å². The summed E-state index contributed by atoms with van der Waals surface area (Å²) in [5.74, 6) is 0.424. The van der Waals surface area contributed by atoms with Gasteiger partial charge in [-0.05, 0) is 54.9 Å². The number of aromatic amines is 1. The predicted octanol–water partition coefficient (Wildman–Crippen LogP) is 4.11. The summed E-state index contributed by atoms with van der Waals surface area (Å²) in [6.07, 6.45) is 7.87. The number of nitrogens with zero attached hydrogens (tertiary/aromatic N) is 5. The Labute approximate surface area is 185 Å². The van der Waals surface area contributed by atoms with E-state index in [1.807, 2.05) is 18.3 Å². The van der Waals surface area contributed by atoms with Gasteiger partial charge in [0.25, 0.3) is 0 Å². The van der Waals surface area contributed by atoms with Gasteiger partial charge in [0, 0.05) is 31.3 Å². The topological polar surface area (TPSA) is 90.8 Å². The Bertz CT molecular complexity index is 1230. The van der Waals surface area contributed by atoms with Gasteiger partial charge in [-0.2, -0.15) is 0 Å². The van der Waals surface area contributed by atoms with E-state index >= 15 is 0 Å². The van der Waals surface area contributed by atoms with Crippen molar-refractivity contribution in [3.63, 3.8) is 0 Å². The molecule has 1 saturated heterocycles. The number of H-pyrrole nitrogens is 1. The summed E-state index contributed by atoms with van der Waals surface area (Å²) in [6, 6.07) is 6.03. The average molecular weight is 437 g/mol. The highest BCUT2D eigenvalue weighted by atomic mass is 35.5. The lowest BCUT2D eigenvalue weighted by molar-refractivity contribution is 0.208. The molecule has 2 unspecified atom stereocenters. The molecule has 8 heteroatoms. The molecule has 4 heterocycles. The van der Waals surface area contributed by atoms with E-state index in [2.05, 4.69) is 37.8 Å². The van der Waals surface area contributed by atoms with Gasteiger partial charge in [-0.25, -0.2) is 15.0 Å². The molecule has 0 saturated carbocycles. The molecule has 7 nitrogen and oxygen atoms in total. The SMILES string of the molecule is CC(Cc1ncnc2nc[nH]c12)c1cc(Cl)c2cccnc2c1N1CCCC(CO)C1. The number of halogens is 1. The summed E-state index contributed by atoms with van der Waals surface area (Å²) >= 11 is 6.71. The zero-order valence-corrected chi connectivity index (χ0v) is 18.2. The summed E-state index contributed by atoms with van der Waals surface area (Å²) in [5, 5.41) is 11.4. The lowest BCUT2D eigenvalue weighted by Crippen LogP contribution is -2.37. The summed E-state index contributed by atoms with van der Waals surface area (Å²) < 4.78 is 0. The minimum Gasteiger partial charge on any atom is -0.396 e. The molecule has 5 rings (SSSR count). The lowest BCUT2D eigenvalue weighted by Gasteiger charge is -2.36. The lowest BCUT2D eigenvalue weighted by atomic mass is 9.90. The Hall–Kier alpha value is -2.77. The number of piperidine rings is 1. The van der Waals surface area contributed by atoms with Gasteiger partial charge in [0.1, 0.15) is 11.8 Å². The predicted molar refractivity (Wildman–Crippen MR) is 123 cm³/mol. The Morgan fingerprint density at radius 3 is 3.06 bits per heavy atom. The fourth-order valence-electron chi connectivity index (χ4n) is 4.70. The molecule has 0 aliphatic carbocycles. The van der Waals surface area contributed by atoms with E-state index in [1.54, 1.807) is 12.7 Å². The van der Waals surface area contributed by atoms with Gasteiger partial charge in [-0.3, -0.25) is 4.98 Å². The zero-order chi connectivity index (χ0) is 21.4. The summed E-state index contributed by atoms with van der Waals surface area (Å²) in [5.41, 5.74) is 5.69. The van der Waals surface area contributed by atoms with Crippen molar-refractivity contribution in [1.29, 1.82) is 0 Å². The molecule has 3 aromatic heterocycles. The van der Waals surface area contributed by atoms with Crippen LogP contribution in [0.4, 0.5) is 5.69 Å². The van der Waals surface area contributed by atoms with Crippen LogP contribution in [0.25, 0.3) is 22.1 Å². The maximum atomic E-state index is 9.78. The van der Waals surface area contributed by atoms with E-state index in [1.165, 1.54) is 0 Å². The molecule has 2 N–H and O–H groups in total. The first-order chi connectivity index (χ1) is 15.2. The van der Waals surface area contributed by atoms with Crippen molar-refractivity contribution < 1.29 is 5.11 Å². The van der Waals surface area contributed by atoms with Gasteiger partial charge in [0.2, 0.25) is 0 Å². The molecule has 1 aromatic carbocycles. The largest absolute Gasteiger partial charge is 0.396 e. The van der Waals surface area contributed by atoms with Crippen LogP contribution in [0, 0.1) is 5.92 Å². The molecule has 1 fully saturated rings. The number of hydrogen-bond donors (Lipinski definition) is 2. The monoisotopic (exact) mass is 436 g/mol. The molecule has 0 bridgehead atoms. The third-order valence-electron chi connectivity index (χ3n) is 6.27. The highest BCUT2D eigenvalue weighted by Gasteiger charge is 2.27. The maximum absolute atomic E-state index is 9.78. The number of hydrogen-bond acceptors (Lipinski definition) is 6. The van der Waals surface area contributed by atoms with E-state index in [-0.39, 0.29) is 18.4 Å². The maximum Gasteiger partial charge on any atom is 0.180 e. The molecule has 31 heavy (non-hydrogen) atoms. The molecule has 0 amide bonds. The van der Waals surface area contributed by atoms with Crippen LogP contribution in [0.15, 0.2) is 37.1 Å². The van der Waals surface area contributed by atoms with Crippen molar-refractivity contribution in [3.05, 3.63) is 53.3 Å². The van der Waals surface area contributed by atoms with Gasteiger partial charge in [0.15, 0.2) is 5.65 Å². The number of aromatic nitrogens is 5. The Morgan fingerprint density at radius 2 is 2.19 bits per heavy atom. The minimum absolute atomic E-state index is 0.148. The van der Waals surface area contributed by atoms with Gasteiger partial charge in [-0.1, -0.05) is 18.5 Å². The van der Waals surface area contributed by atoms with Crippen LogP contribution >= 0.6 is 11.6 Å². The Kier molecular flexibility index (Phi) is 5.46. The molecule has 160 valence electrons. The molecule has 2 atom stereocenters. The summed E-state index contributed by atoms with van der Waals surface area (Å²) in [7, 11) is 0. The van der Waals surface area contributed by atoms with Crippen molar-refractivity contribution >= 4 is 39.4 Å². The van der Waals surface area contributed by atoms with Crippen LogP contribution in [-0.4, -0.2) is 49.7 Å². The third-order valence-corrected chi connectivity index (χ3v) is 6.58. The van der Waals surface area contributed by atoms with Crippen molar-refractivity contribution in [2.24, 2.45) is 5.92 Å². The third kappa shape index (κ3) is 3.72. The van der Waals surface area contributed by atoms with Crippen molar-refractivity contribution in [2.75, 3.05) is 24.6 Å². The zero-order valence-electron chi connectivity index (χ0n) is 17.4. The normalized spacial score (nSPS) is 18.0. The van der Waals surface area contributed by atoms with Crippen molar-refractivity contribution in [3.8, 4) is 0 Å². The number of rotatable bonds is 5. The number of aliphatic hydroxyl groups excluding tert-OH is 1. The smallest absolute Gasteiger partial charge is 0.180 e. The van der Waals surface area contributed by atoms with Crippen LogP contribution in [0.1, 0.15) is 36.9 Å². The Balaban J connectivity index is 1.61. The minimum atomic E-state index is 0.148. The first-order valence-electron chi connectivity index (χ1n) is 10.7. The second-order valence-corrected chi connectivity index (χ2v) is 8.77. The molecular weight excluding hydrogens is 412 g/mol. The fourth-order valence-corrected chi connectivity index (χ4v) is 4.97. The fraction of sp³-hybridized carbons (Fsp3) is 0.391. The van der Waals surface area contributed by atoms with Gasteiger partial charge in [-0.15, -0.1) is 0 Å². The van der Waals surface area contributed by atoms with E-state index in [0.29, 0.717) is 10.7 Å². The van der Waals surface area contributed by atoms with Gasteiger partial charge in [0.05, 0.1) is 28.2 Å². The quantitative estimate of drug-likeness (QED) is 0.489. The number of pyridine rings is 1. The molecule has 1 aliphatic heterocycles. The highest BCUT2D eigenvalue weighted by molar-refractivity contribution is 6.36. The van der Waals surface area contributed by atoms with Crippen LogP contribution in [0.5, 0.6) is 0 Å². The summed E-state index contributed by atoms with van der Waals surface area (Å²) in [6.45, 7) is 4.17. The van der Waals surface area contributed by atoms with Crippen LogP contribution in [0.2, 0.25) is 5.02 Å². The first-order valence-corrected chi connectivity index (χ1v) is 11.1. The number of nitrogens with one attached hydrogen (secondary N) is 1. The van der Waals surface area contributed by atoms with Gasteiger partial charge < -0.3 is 15.0 Å². The second kappa shape index (κ2) is 8.40. The van der Waals surface area contributed by atoms with Crippen molar-refractivity contribution in [1.82, 2.24) is 24.9 Å². The number of benzene rings is 1. The van der Waals surface area contributed by atoms with E-state index in [9.17, 15) is 5.11 Å². The van der Waals surface area contributed by atoms with Crippen molar-refractivity contribution in [2.45, 2.75) is 32.1 Å². The van der Waals surface area contributed by atoms with Gasteiger partial charge >= 0.3 is 0 Å². The highest BCUT2D eigenvalue weighted by Crippen LogP contribution is 2.40. The standard InChI is InChI=1S/C23H25ClN6O/c1-14(8-19-21-23(28-12-26-19)29-13-27-21)17-9-18(24)16-5-2-6-25-20(16)22(17)30-7-3-4-15(10-30)11-31/h2,5-6,9,12-15,31H,3-4,7-8,10-11H2,1H3,(H,26,27,28,29). The molecule has 4 aromatic rings. The Morgan fingerprint density at radius 1 is 1.29 bits per heavy atom. The second-order valence-electron chi connectivity index (χ2n) is 8.36. The molecule has 0 spiro atoms. The average Bonchev–Trinajstić information content (AvgIpc) is 3.29. The number of aliphatic hydroxyl groups is 1. The number of fused-ring (bicyclic) bond motifs is 2. The number of imidazole rings is 1. The van der Waals surface area contributed by atoms with E-state index in [4.69, 9.17) is 16.6 Å².